The lowest BCUT2D eigenvalue weighted by molar-refractivity contribution is -0.178. The quantitative estimate of drug-likeness (QED) is 0.580. The van der Waals surface area contributed by atoms with Crippen molar-refractivity contribution >= 4 is 5.97 Å². The predicted molar refractivity (Wildman–Crippen MR) is 48.3 cm³/mol. The number of carbonyl (C=O) groups is 1. The number of aliphatic hydroxyl groups excluding tert-OH is 1. The number of hydrogen-bond donors (Lipinski definition) is 1. The molecule has 0 radical (unpaired) electrons. The Labute approximate surface area is 83.2 Å². The van der Waals surface area contributed by atoms with Gasteiger partial charge in [-0.3, -0.25) is 0 Å². The number of esters is 1. The Morgan fingerprint density at radius 2 is 1.79 bits per heavy atom. The van der Waals surface area contributed by atoms with Gasteiger partial charge in [0, 0.05) is 11.8 Å². The molecule has 2 heterocycles. The SMILES string of the molecule is C[C@@H]1[C@@H]2OC(=O)[C@H](O)[C@@H](C)[C@@H](O2)[C@H]1C. The Hall–Kier alpha value is -0.610. The maximum Gasteiger partial charge on any atom is 0.337 e. The highest BCUT2D eigenvalue weighted by atomic mass is 16.7. The third-order valence-corrected chi connectivity index (χ3v) is 3.56. The first-order valence-electron chi connectivity index (χ1n) is 5.06. The highest BCUT2D eigenvalue weighted by Crippen LogP contribution is 2.40. The molecule has 6 atom stereocenters. The van der Waals surface area contributed by atoms with Crippen LogP contribution >= 0.6 is 0 Å². The molecular weight excluding hydrogens is 184 g/mol. The maximum atomic E-state index is 11.3. The Morgan fingerprint density at radius 1 is 1.14 bits per heavy atom. The van der Waals surface area contributed by atoms with Gasteiger partial charge in [0.2, 0.25) is 6.29 Å². The van der Waals surface area contributed by atoms with E-state index in [0.29, 0.717) is 5.92 Å². The summed E-state index contributed by atoms with van der Waals surface area (Å²) in [5.74, 6) is -0.215. The second kappa shape index (κ2) is 3.21. The molecule has 0 aromatic heterocycles. The molecule has 80 valence electrons. The van der Waals surface area contributed by atoms with Crippen molar-refractivity contribution < 1.29 is 19.4 Å². The lowest BCUT2D eigenvalue weighted by Crippen LogP contribution is -2.39. The minimum atomic E-state index is -1.04. The van der Waals surface area contributed by atoms with Crippen molar-refractivity contribution in [3.05, 3.63) is 0 Å². The molecule has 4 heteroatoms. The first-order chi connectivity index (χ1) is 6.52. The molecule has 0 aromatic rings. The molecule has 0 unspecified atom stereocenters. The summed E-state index contributed by atoms with van der Waals surface area (Å²) in [5, 5.41) is 9.60. The standard InChI is InChI=1S/C10H16O4/c1-4-5(2)10-13-8(4)6(3)7(11)9(12)14-10/h4-8,10-11H,1-3H3/t4-,5-,6+,7+,8-,10-/m0/s1. The Balaban J connectivity index is 2.26. The zero-order valence-electron chi connectivity index (χ0n) is 8.64. The molecule has 0 saturated carbocycles. The molecule has 14 heavy (non-hydrogen) atoms. The first-order valence-corrected chi connectivity index (χ1v) is 5.06. The molecule has 0 aromatic carbocycles. The highest BCUT2D eigenvalue weighted by molar-refractivity contribution is 5.75. The molecule has 2 rings (SSSR count). The number of rotatable bonds is 0. The van der Waals surface area contributed by atoms with Crippen molar-refractivity contribution in [2.24, 2.45) is 17.8 Å². The minimum absolute atomic E-state index is 0.0727. The average Bonchev–Trinajstić information content (AvgIpc) is 2.37. The van der Waals surface area contributed by atoms with Gasteiger partial charge >= 0.3 is 5.97 Å². The molecular formula is C10H16O4. The van der Waals surface area contributed by atoms with E-state index in [-0.39, 0.29) is 17.9 Å². The van der Waals surface area contributed by atoms with Gasteiger partial charge < -0.3 is 14.6 Å². The fourth-order valence-electron chi connectivity index (χ4n) is 2.27. The van der Waals surface area contributed by atoms with Crippen LogP contribution in [0, 0.1) is 17.8 Å². The number of fused-ring (bicyclic) bond motifs is 2. The molecule has 2 bridgehead atoms. The van der Waals surface area contributed by atoms with Gasteiger partial charge in [0.15, 0.2) is 6.10 Å². The van der Waals surface area contributed by atoms with Crippen LogP contribution in [0.2, 0.25) is 0 Å². The van der Waals surface area contributed by atoms with Crippen LogP contribution in [0.5, 0.6) is 0 Å². The zero-order chi connectivity index (χ0) is 10.5. The number of aliphatic hydroxyl groups is 1. The zero-order valence-corrected chi connectivity index (χ0v) is 8.64. The van der Waals surface area contributed by atoms with E-state index < -0.39 is 18.4 Å². The number of hydrogen-bond acceptors (Lipinski definition) is 4. The predicted octanol–water partition coefficient (Wildman–Crippen LogP) is 0.537. The van der Waals surface area contributed by atoms with Gasteiger partial charge in [-0.1, -0.05) is 20.8 Å². The summed E-state index contributed by atoms with van der Waals surface area (Å²) in [5.41, 5.74) is 0. The Morgan fingerprint density at radius 3 is 2.43 bits per heavy atom. The van der Waals surface area contributed by atoms with E-state index in [4.69, 9.17) is 9.47 Å². The Bertz CT molecular complexity index is 253. The van der Waals surface area contributed by atoms with Crippen LogP contribution in [0.1, 0.15) is 20.8 Å². The van der Waals surface area contributed by atoms with Crippen molar-refractivity contribution in [2.75, 3.05) is 0 Å². The lowest BCUT2D eigenvalue weighted by atomic mass is 9.84. The van der Waals surface area contributed by atoms with Gasteiger partial charge in [-0.25, -0.2) is 4.79 Å². The van der Waals surface area contributed by atoms with E-state index in [1.54, 1.807) is 0 Å². The van der Waals surface area contributed by atoms with Crippen LogP contribution in [-0.4, -0.2) is 29.6 Å². The summed E-state index contributed by atoms with van der Waals surface area (Å²) in [4.78, 5) is 11.3. The molecule has 2 saturated heterocycles. The lowest BCUT2D eigenvalue weighted by Gasteiger charge is -2.25. The van der Waals surface area contributed by atoms with Crippen LogP contribution in [-0.2, 0) is 14.3 Å². The fraction of sp³-hybridized carbons (Fsp3) is 0.900. The van der Waals surface area contributed by atoms with E-state index in [9.17, 15) is 9.90 Å². The second-order valence-electron chi connectivity index (χ2n) is 4.43. The van der Waals surface area contributed by atoms with Crippen molar-refractivity contribution in [3.8, 4) is 0 Å². The number of ether oxygens (including phenoxy) is 2. The van der Waals surface area contributed by atoms with Crippen molar-refractivity contribution in [1.82, 2.24) is 0 Å². The summed E-state index contributed by atoms with van der Waals surface area (Å²) < 4.78 is 10.7. The van der Waals surface area contributed by atoms with E-state index in [1.807, 2.05) is 13.8 Å². The van der Waals surface area contributed by atoms with Gasteiger partial charge in [-0.05, 0) is 5.92 Å². The molecule has 0 aliphatic carbocycles. The van der Waals surface area contributed by atoms with E-state index in [1.165, 1.54) is 0 Å². The molecule has 2 aliphatic rings. The molecule has 2 aliphatic heterocycles. The number of carbonyl (C=O) groups excluding carboxylic acids is 1. The van der Waals surface area contributed by atoms with Crippen molar-refractivity contribution in [3.63, 3.8) is 0 Å². The highest BCUT2D eigenvalue weighted by Gasteiger charge is 2.50. The second-order valence-corrected chi connectivity index (χ2v) is 4.43. The fourth-order valence-corrected chi connectivity index (χ4v) is 2.27. The largest absolute Gasteiger partial charge is 0.434 e. The molecule has 0 amide bonds. The monoisotopic (exact) mass is 200 g/mol. The van der Waals surface area contributed by atoms with Gasteiger partial charge in [-0.15, -0.1) is 0 Å². The maximum absolute atomic E-state index is 11.3. The summed E-state index contributed by atoms with van der Waals surface area (Å²) in [6.07, 6.45) is -1.58. The molecule has 4 nitrogen and oxygen atoms in total. The van der Waals surface area contributed by atoms with Gasteiger partial charge in [-0.2, -0.15) is 0 Å². The van der Waals surface area contributed by atoms with Crippen molar-refractivity contribution in [2.45, 2.75) is 39.3 Å². The molecule has 1 N–H and O–H groups in total. The van der Waals surface area contributed by atoms with Crippen molar-refractivity contribution in [1.29, 1.82) is 0 Å². The van der Waals surface area contributed by atoms with Crippen LogP contribution in [0.15, 0.2) is 0 Å². The van der Waals surface area contributed by atoms with E-state index in [0.717, 1.165) is 0 Å². The first kappa shape index (κ1) is 9.93. The van der Waals surface area contributed by atoms with Crippen LogP contribution < -0.4 is 0 Å². The summed E-state index contributed by atoms with van der Waals surface area (Å²) >= 11 is 0. The molecule has 0 spiro atoms. The van der Waals surface area contributed by atoms with Crippen LogP contribution in [0.4, 0.5) is 0 Å². The van der Waals surface area contributed by atoms with Gasteiger partial charge in [0.25, 0.3) is 0 Å². The van der Waals surface area contributed by atoms with Gasteiger partial charge in [0.05, 0.1) is 6.10 Å². The average molecular weight is 200 g/mol. The molecule has 2 fully saturated rings. The summed E-state index contributed by atoms with van der Waals surface area (Å²) in [6.45, 7) is 5.90. The normalized spacial score (nSPS) is 52.7. The van der Waals surface area contributed by atoms with Crippen LogP contribution in [0.3, 0.4) is 0 Å². The summed E-state index contributed by atoms with van der Waals surface area (Å²) in [6, 6.07) is 0. The summed E-state index contributed by atoms with van der Waals surface area (Å²) in [7, 11) is 0. The van der Waals surface area contributed by atoms with Crippen LogP contribution in [0.25, 0.3) is 0 Å². The smallest absolute Gasteiger partial charge is 0.337 e. The van der Waals surface area contributed by atoms with Gasteiger partial charge in [0.1, 0.15) is 0 Å². The van der Waals surface area contributed by atoms with E-state index in [2.05, 4.69) is 6.92 Å². The van der Waals surface area contributed by atoms with E-state index >= 15 is 0 Å². The third kappa shape index (κ3) is 1.25. The topological polar surface area (TPSA) is 55.8 Å². The third-order valence-electron chi connectivity index (χ3n) is 3.56. The minimum Gasteiger partial charge on any atom is -0.434 e. The Kier molecular flexibility index (Phi) is 2.27.